The van der Waals surface area contributed by atoms with Crippen LogP contribution in [0.15, 0.2) is 219 Å². The van der Waals surface area contributed by atoms with E-state index in [1.165, 1.54) is 111 Å². The molecule has 294 valence electrons. The van der Waals surface area contributed by atoms with E-state index < -0.39 is 0 Å². The van der Waals surface area contributed by atoms with Gasteiger partial charge in [0.25, 0.3) is 0 Å². The first-order valence-electron chi connectivity index (χ1n) is 22.3. The van der Waals surface area contributed by atoms with Gasteiger partial charge in [-0.15, -0.1) is 0 Å². The van der Waals surface area contributed by atoms with E-state index in [4.69, 9.17) is 0 Å². The van der Waals surface area contributed by atoms with Crippen molar-refractivity contribution in [1.29, 1.82) is 0 Å². The Morgan fingerprint density at radius 2 is 0.734 bits per heavy atom. The van der Waals surface area contributed by atoms with Crippen LogP contribution in [0.1, 0.15) is 0 Å². The van der Waals surface area contributed by atoms with Gasteiger partial charge in [-0.2, -0.15) is 0 Å². The van der Waals surface area contributed by atoms with E-state index in [0.29, 0.717) is 0 Å². The maximum absolute atomic E-state index is 2.62. The minimum absolute atomic E-state index is 0.0835. The third-order valence-corrected chi connectivity index (χ3v) is 14.5. The van der Waals surface area contributed by atoms with Gasteiger partial charge in [-0.05, 0) is 127 Å². The molecular formula is C58H36B2N4. The van der Waals surface area contributed by atoms with E-state index in [1.807, 2.05) is 0 Å². The summed E-state index contributed by atoms with van der Waals surface area (Å²) in [4.78, 5) is 5.23. The molecule has 0 N–H and O–H groups in total. The van der Waals surface area contributed by atoms with Crippen LogP contribution in [-0.2, 0) is 0 Å². The van der Waals surface area contributed by atoms with Crippen molar-refractivity contribution in [3.05, 3.63) is 219 Å². The SMILES string of the molecule is c1ccc(-c2ccc3c(c2)N(c2ccccc2)c2c4c(c5c6c2N(c2ccccc2)c2cc(-c7ccccc7)ccc2B6n2ccc6cccc-5c62)-c2cccc5ccn(c25)B34)cc1. The van der Waals surface area contributed by atoms with Gasteiger partial charge in [-0.3, -0.25) is 0 Å². The monoisotopic (exact) mass is 810 g/mol. The van der Waals surface area contributed by atoms with Crippen LogP contribution < -0.4 is 31.7 Å². The number of hydrogen-bond acceptors (Lipinski definition) is 2. The average molecular weight is 811 g/mol. The first-order chi connectivity index (χ1) is 31.8. The van der Waals surface area contributed by atoms with Crippen molar-refractivity contribution >= 4 is 91.5 Å². The van der Waals surface area contributed by atoms with Gasteiger partial charge in [-0.1, -0.05) is 158 Å². The van der Waals surface area contributed by atoms with E-state index in [9.17, 15) is 0 Å². The van der Waals surface area contributed by atoms with E-state index in [-0.39, 0.29) is 13.7 Å². The molecule has 15 rings (SSSR count). The number of hydrogen-bond donors (Lipinski definition) is 0. The fraction of sp³-hybridized carbons (Fsp3) is 0. The molecule has 6 heterocycles. The van der Waals surface area contributed by atoms with Crippen molar-refractivity contribution in [2.24, 2.45) is 0 Å². The molecule has 0 saturated heterocycles. The molecule has 0 bridgehead atoms. The lowest BCUT2D eigenvalue weighted by atomic mass is 9.40. The molecule has 4 nitrogen and oxygen atoms in total. The number of benzene rings is 9. The van der Waals surface area contributed by atoms with Crippen molar-refractivity contribution in [3.63, 3.8) is 0 Å². The van der Waals surface area contributed by atoms with Crippen molar-refractivity contribution in [2.45, 2.75) is 0 Å². The van der Waals surface area contributed by atoms with Crippen molar-refractivity contribution in [2.75, 3.05) is 9.80 Å². The molecule has 0 aliphatic carbocycles. The Hall–Kier alpha value is -8.21. The Bertz CT molecular complexity index is 3500. The smallest absolute Gasteiger partial charge is 0.332 e. The fourth-order valence-corrected chi connectivity index (χ4v) is 12.0. The topological polar surface area (TPSA) is 16.3 Å². The Morgan fingerprint density at radius 1 is 0.328 bits per heavy atom. The van der Waals surface area contributed by atoms with Gasteiger partial charge in [0.1, 0.15) is 0 Å². The summed E-state index contributed by atoms with van der Waals surface area (Å²) in [6, 6.07) is 76.8. The minimum Gasteiger partial charge on any atom is -0.382 e. The molecule has 0 atom stereocenters. The zero-order valence-corrected chi connectivity index (χ0v) is 34.7. The van der Waals surface area contributed by atoms with Gasteiger partial charge in [0.15, 0.2) is 0 Å². The molecule has 0 spiro atoms. The maximum Gasteiger partial charge on any atom is 0.332 e. The summed E-state index contributed by atoms with van der Waals surface area (Å²) in [6.07, 6.45) is 4.68. The summed E-state index contributed by atoms with van der Waals surface area (Å²) < 4.78 is 5.17. The van der Waals surface area contributed by atoms with Gasteiger partial charge in [0.2, 0.25) is 0 Å². The first-order valence-corrected chi connectivity index (χ1v) is 22.3. The zero-order chi connectivity index (χ0) is 41.6. The van der Waals surface area contributed by atoms with E-state index in [0.717, 1.165) is 11.4 Å². The Balaban J connectivity index is 1.18. The lowest BCUT2D eigenvalue weighted by Crippen LogP contribution is -2.61. The second-order valence-electron chi connectivity index (χ2n) is 17.6. The number of para-hydroxylation sites is 4. The highest BCUT2D eigenvalue weighted by molar-refractivity contribution is 6.93. The maximum atomic E-state index is 2.62. The number of anilines is 6. The van der Waals surface area contributed by atoms with E-state index >= 15 is 0 Å². The summed E-state index contributed by atoms with van der Waals surface area (Å²) in [6.45, 7) is -0.167. The van der Waals surface area contributed by atoms with Gasteiger partial charge in [-0.25, -0.2) is 0 Å². The second-order valence-corrected chi connectivity index (χ2v) is 17.6. The quantitative estimate of drug-likeness (QED) is 0.165. The molecule has 0 unspecified atom stereocenters. The largest absolute Gasteiger partial charge is 0.382 e. The molecule has 2 aromatic heterocycles. The van der Waals surface area contributed by atoms with E-state index in [1.54, 1.807) is 0 Å². The third-order valence-electron chi connectivity index (χ3n) is 14.5. The van der Waals surface area contributed by atoms with Crippen LogP contribution in [0.25, 0.3) is 66.3 Å². The Morgan fingerprint density at radius 3 is 1.16 bits per heavy atom. The Labute approximate surface area is 371 Å². The molecule has 4 aliphatic heterocycles. The summed E-state index contributed by atoms with van der Waals surface area (Å²) in [5.41, 5.74) is 25.0. The molecular weight excluding hydrogens is 774 g/mol. The summed E-state index contributed by atoms with van der Waals surface area (Å²) >= 11 is 0. The van der Waals surface area contributed by atoms with Gasteiger partial charge in [0, 0.05) is 44.9 Å². The molecule has 0 radical (unpaired) electrons. The second kappa shape index (κ2) is 12.7. The van der Waals surface area contributed by atoms with Gasteiger partial charge < -0.3 is 18.8 Å². The first kappa shape index (κ1) is 34.4. The molecule has 0 fully saturated rings. The number of fused-ring (bicyclic) bond motifs is 10. The Kier molecular flexibility index (Phi) is 6.82. The van der Waals surface area contributed by atoms with Crippen LogP contribution in [0.4, 0.5) is 34.1 Å². The zero-order valence-electron chi connectivity index (χ0n) is 34.7. The van der Waals surface area contributed by atoms with Crippen LogP contribution in [0, 0.1) is 0 Å². The van der Waals surface area contributed by atoms with Gasteiger partial charge in [0.05, 0.1) is 11.4 Å². The third kappa shape index (κ3) is 4.44. The average Bonchev–Trinajstić information content (AvgIpc) is 4.01. The lowest BCUT2D eigenvalue weighted by Gasteiger charge is -2.48. The van der Waals surface area contributed by atoms with Crippen LogP contribution >= 0.6 is 0 Å². The number of aromatic nitrogens is 2. The molecule has 0 amide bonds. The highest BCUT2D eigenvalue weighted by Crippen LogP contribution is 2.55. The molecule has 9 aromatic carbocycles. The minimum atomic E-state index is -0.0835. The number of rotatable bonds is 4. The summed E-state index contributed by atoms with van der Waals surface area (Å²) in [7, 11) is 0. The summed E-state index contributed by atoms with van der Waals surface area (Å²) in [5.74, 6) is 0. The normalized spacial score (nSPS) is 13.5. The molecule has 6 heteroatoms. The van der Waals surface area contributed by atoms with Crippen molar-refractivity contribution in [1.82, 2.24) is 8.96 Å². The van der Waals surface area contributed by atoms with Crippen LogP contribution in [0.5, 0.6) is 0 Å². The lowest BCUT2D eigenvalue weighted by molar-refractivity contribution is 1.19. The van der Waals surface area contributed by atoms with Gasteiger partial charge >= 0.3 is 13.7 Å². The predicted octanol–water partition coefficient (Wildman–Crippen LogP) is 11.8. The molecule has 0 saturated carbocycles. The molecule has 64 heavy (non-hydrogen) atoms. The summed E-state index contributed by atoms with van der Waals surface area (Å²) in [5, 5.41) is 2.53. The van der Waals surface area contributed by atoms with Crippen LogP contribution in [-0.4, -0.2) is 22.7 Å². The highest BCUT2D eigenvalue weighted by atomic mass is 15.2. The number of nitrogens with zero attached hydrogens (tertiary/aromatic N) is 4. The molecule has 11 aromatic rings. The van der Waals surface area contributed by atoms with Crippen molar-refractivity contribution in [3.8, 4) is 44.5 Å². The highest BCUT2D eigenvalue weighted by Gasteiger charge is 2.51. The van der Waals surface area contributed by atoms with Crippen LogP contribution in [0.2, 0.25) is 0 Å². The fourth-order valence-electron chi connectivity index (χ4n) is 12.0. The van der Waals surface area contributed by atoms with E-state index in [2.05, 4.69) is 237 Å². The predicted molar refractivity (Wildman–Crippen MR) is 269 cm³/mol. The molecule has 4 aliphatic rings. The standard InChI is InChI=1S/C58H36B2N4/c1-5-15-37(16-6-1)41-27-29-47-49(35-41)63(43-21-9-3-10-22-43)57-53-51(45-25-13-19-39-31-33-61(55(39)45)59(47)53)52-46-26-14-20-40-32-34-62(56(40)46)60-48-30-28-42(38-17-7-2-8-18-38)36-50(48)64(58(57)54(52)60)44-23-11-4-12-24-44/h1-36H. The van der Waals surface area contributed by atoms with Crippen molar-refractivity contribution < 1.29 is 0 Å². The van der Waals surface area contributed by atoms with Crippen LogP contribution in [0.3, 0.4) is 0 Å².